The predicted molar refractivity (Wildman–Crippen MR) is 159 cm³/mol. The molecule has 1 saturated heterocycles. The van der Waals surface area contributed by atoms with Gasteiger partial charge in [0, 0.05) is 60.1 Å². The molecule has 0 bridgehead atoms. The molecule has 0 spiro atoms. The molecule has 10 nitrogen and oxygen atoms in total. The van der Waals surface area contributed by atoms with Crippen molar-refractivity contribution in [1.29, 1.82) is 0 Å². The van der Waals surface area contributed by atoms with Gasteiger partial charge in [-0.25, -0.2) is 13.4 Å². The van der Waals surface area contributed by atoms with E-state index in [1.54, 1.807) is 23.2 Å². The largest absolute Gasteiger partial charge is 0.768 e. The molecule has 3 aromatic rings. The van der Waals surface area contributed by atoms with Crippen molar-refractivity contribution in [3.63, 3.8) is 0 Å². The summed E-state index contributed by atoms with van der Waals surface area (Å²) in [5, 5.41) is 2.65. The Morgan fingerprint density at radius 1 is 1.20 bits per heavy atom. The molecule has 0 aliphatic carbocycles. The molecule has 41 heavy (non-hydrogen) atoms. The summed E-state index contributed by atoms with van der Waals surface area (Å²) in [4.78, 5) is 25.6. The molecule has 1 aliphatic rings. The summed E-state index contributed by atoms with van der Waals surface area (Å²) in [7, 11) is -3.76. The number of sulfonamides is 1. The van der Waals surface area contributed by atoms with Gasteiger partial charge < -0.3 is 14.4 Å². The van der Waals surface area contributed by atoms with E-state index in [1.165, 1.54) is 34.1 Å². The second-order valence-corrected chi connectivity index (χ2v) is 13.8. The number of hydrogen-bond donors (Lipinski definition) is 0. The van der Waals surface area contributed by atoms with Crippen molar-refractivity contribution in [3.8, 4) is 10.6 Å². The van der Waals surface area contributed by atoms with Crippen LogP contribution < -0.4 is 0 Å². The average Bonchev–Trinajstić information content (AvgIpc) is 3.44. The van der Waals surface area contributed by atoms with Crippen LogP contribution in [0, 0.1) is 0 Å². The normalized spacial score (nSPS) is 16.6. The van der Waals surface area contributed by atoms with Crippen LogP contribution in [0.2, 0.25) is 0 Å². The molecule has 1 fully saturated rings. The molecule has 1 amide bonds. The van der Waals surface area contributed by atoms with Gasteiger partial charge >= 0.3 is 0 Å². The van der Waals surface area contributed by atoms with E-state index in [4.69, 9.17) is 0 Å². The Hall–Kier alpha value is -2.55. The molecule has 2 unspecified atom stereocenters. The van der Waals surface area contributed by atoms with E-state index in [2.05, 4.69) is 28.7 Å². The topological polar surface area (TPSA) is 127 Å². The number of unbranched alkanes of at least 4 members (excludes halogenated alkanes) is 1. The first-order chi connectivity index (χ1) is 19.7. The van der Waals surface area contributed by atoms with E-state index in [9.17, 15) is 22.0 Å². The van der Waals surface area contributed by atoms with Crippen molar-refractivity contribution in [2.24, 2.45) is 0 Å². The summed E-state index contributed by atoms with van der Waals surface area (Å²) in [6.07, 6.45) is 7.36. The number of benzene rings is 1. The molecule has 1 aliphatic heterocycles. The summed E-state index contributed by atoms with van der Waals surface area (Å²) >= 11 is -0.880. The van der Waals surface area contributed by atoms with E-state index in [0.717, 1.165) is 42.1 Å². The van der Waals surface area contributed by atoms with Gasteiger partial charge in [-0.2, -0.15) is 4.31 Å². The van der Waals surface area contributed by atoms with E-state index in [1.807, 2.05) is 17.5 Å². The van der Waals surface area contributed by atoms with Crippen LogP contribution in [0.3, 0.4) is 0 Å². The fourth-order valence-electron chi connectivity index (χ4n) is 5.12. The minimum absolute atomic E-state index is 0.0964. The highest BCUT2D eigenvalue weighted by molar-refractivity contribution is 7.89. The van der Waals surface area contributed by atoms with Crippen LogP contribution in [0.4, 0.5) is 0 Å². The predicted octanol–water partition coefficient (Wildman–Crippen LogP) is 3.40. The molecule has 0 radical (unpaired) electrons. The van der Waals surface area contributed by atoms with Gasteiger partial charge in [-0.05, 0) is 80.5 Å². The van der Waals surface area contributed by atoms with Crippen molar-refractivity contribution in [2.75, 3.05) is 39.3 Å². The summed E-state index contributed by atoms with van der Waals surface area (Å²) in [6, 6.07) is 8.70. The minimum atomic E-state index is -3.76. The Morgan fingerprint density at radius 2 is 2.02 bits per heavy atom. The minimum Gasteiger partial charge on any atom is -0.768 e. The second-order valence-electron chi connectivity index (χ2n) is 10.0. The second kappa shape index (κ2) is 14.6. The van der Waals surface area contributed by atoms with Crippen LogP contribution in [0.5, 0.6) is 0 Å². The smallest absolute Gasteiger partial charge is 0.245 e. The van der Waals surface area contributed by atoms with Crippen molar-refractivity contribution in [3.05, 3.63) is 59.9 Å². The van der Waals surface area contributed by atoms with Gasteiger partial charge in [0.15, 0.2) is 0 Å². The third-order valence-corrected chi connectivity index (χ3v) is 10.8. The maximum Gasteiger partial charge on any atom is 0.245 e. The van der Waals surface area contributed by atoms with Gasteiger partial charge in [0.05, 0.1) is 6.54 Å². The van der Waals surface area contributed by atoms with E-state index >= 15 is 0 Å². The Kier molecular flexibility index (Phi) is 11.1. The van der Waals surface area contributed by atoms with Crippen molar-refractivity contribution in [2.45, 2.75) is 55.4 Å². The van der Waals surface area contributed by atoms with Crippen LogP contribution in [0.1, 0.15) is 38.7 Å². The van der Waals surface area contributed by atoms with Crippen LogP contribution in [-0.2, 0) is 32.3 Å². The maximum absolute atomic E-state index is 13.0. The quantitative estimate of drug-likeness (QED) is 0.211. The summed E-state index contributed by atoms with van der Waals surface area (Å²) in [5.74, 6) is -0.185. The summed E-state index contributed by atoms with van der Waals surface area (Å²) in [6.45, 7) is 7.05. The molecule has 2 aromatic heterocycles. The van der Waals surface area contributed by atoms with Crippen LogP contribution in [0.25, 0.3) is 10.6 Å². The van der Waals surface area contributed by atoms with Gasteiger partial charge in [0.2, 0.25) is 15.9 Å². The number of amides is 1. The number of thiazole rings is 1. The van der Waals surface area contributed by atoms with Gasteiger partial charge in [-0.3, -0.25) is 14.0 Å². The molecule has 1 aromatic carbocycles. The molecular formula is C28H36N5O5S3-. The van der Waals surface area contributed by atoms with Gasteiger partial charge in [0.1, 0.15) is 9.90 Å². The highest BCUT2D eigenvalue weighted by atomic mass is 32.2. The third kappa shape index (κ3) is 8.05. The van der Waals surface area contributed by atoms with E-state index in [-0.39, 0.29) is 23.4 Å². The first-order valence-electron chi connectivity index (χ1n) is 13.7. The lowest BCUT2D eigenvalue weighted by atomic mass is 10.0. The highest BCUT2D eigenvalue weighted by Gasteiger charge is 2.30. The van der Waals surface area contributed by atoms with Crippen molar-refractivity contribution in [1.82, 2.24) is 24.1 Å². The zero-order chi connectivity index (χ0) is 29.4. The Balaban J connectivity index is 1.28. The van der Waals surface area contributed by atoms with E-state index < -0.39 is 21.1 Å². The fraction of sp³-hybridized carbons (Fsp3) is 0.464. The highest BCUT2D eigenvalue weighted by Crippen LogP contribution is 2.27. The number of carbonyl (C=O) groups excluding carboxylic acids is 1. The zero-order valence-corrected chi connectivity index (χ0v) is 25.8. The lowest BCUT2D eigenvalue weighted by molar-refractivity contribution is -0.130. The number of nitrogens with zero attached hydrogens (tertiary/aromatic N) is 5. The van der Waals surface area contributed by atoms with Crippen LogP contribution in [-0.4, -0.2) is 92.5 Å². The molecule has 3 heterocycles. The number of aromatic nitrogens is 2. The third-order valence-electron chi connectivity index (χ3n) is 7.37. The SMILES string of the molecule is CCN(CCCCN1CCCN(S(=O)(=O)c2cccnc2)CC1=O)C(C)Cc1ccc(-c2nccs2)cc1S(=O)[O-]. The average molecular weight is 619 g/mol. The monoisotopic (exact) mass is 618 g/mol. The van der Waals surface area contributed by atoms with Crippen LogP contribution in [0.15, 0.2) is 64.1 Å². The van der Waals surface area contributed by atoms with Gasteiger partial charge in [-0.15, -0.1) is 11.3 Å². The van der Waals surface area contributed by atoms with Crippen molar-refractivity contribution >= 4 is 38.3 Å². The first-order valence-corrected chi connectivity index (χ1v) is 17.1. The molecule has 222 valence electrons. The van der Waals surface area contributed by atoms with Gasteiger partial charge in [-0.1, -0.05) is 19.1 Å². The Bertz CT molecular complexity index is 1420. The molecule has 13 heteroatoms. The summed E-state index contributed by atoms with van der Waals surface area (Å²) < 4.78 is 51.2. The molecule has 0 N–H and O–H groups in total. The molecule has 4 rings (SSSR count). The van der Waals surface area contributed by atoms with Gasteiger partial charge in [0.25, 0.3) is 0 Å². The Labute approximate surface area is 248 Å². The molecule has 0 saturated carbocycles. The molecular weight excluding hydrogens is 583 g/mol. The number of pyridine rings is 1. The number of likely N-dealkylation sites (N-methyl/N-ethyl adjacent to an activating group) is 1. The Morgan fingerprint density at radius 3 is 2.71 bits per heavy atom. The maximum atomic E-state index is 13.0. The molecule has 2 atom stereocenters. The van der Waals surface area contributed by atoms with Crippen molar-refractivity contribution < 1.29 is 22.0 Å². The number of carbonyl (C=O) groups is 1. The zero-order valence-electron chi connectivity index (χ0n) is 23.3. The lowest BCUT2D eigenvalue weighted by Crippen LogP contribution is -2.40. The standard InChI is InChI=1S/C28H37N5O5S3/c1-3-31(22(2)18-23-9-10-24(19-26(23)40(35)36)28-30-12-17-39-28)13-4-5-14-32-15-7-16-33(21-27(32)34)41(37,38)25-8-6-11-29-20-25/h6,8-12,17,19-20,22H,3-5,7,13-16,18,21H2,1-2H3,(H,35,36)/p-1. The van der Waals surface area contributed by atoms with Crippen LogP contribution >= 0.6 is 11.3 Å². The number of rotatable bonds is 13. The summed E-state index contributed by atoms with van der Waals surface area (Å²) in [5.41, 5.74) is 1.58. The lowest BCUT2D eigenvalue weighted by Gasteiger charge is -2.29. The number of hydrogen-bond acceptors (Lipinski definition) is 9. The fourth-order valence-corrected chi connectivity index (χ4v) is 7.73. The first kappa shape index (κ1) is 31.4. The van der Waals surface area contributed by atoms with E-state index in [0.29, 0.717) is 37.4 Å².